The standard InChI is InChI=1S/C15H15ClFN/c1-2-10-3-5-11(6-4-10)15(18)13-8-7-12(17)9-14(13)16/h3-9,15H,2,18H2,1H3. The molecule has 0 saturated carbocycles. The predicted molar refractivity (Wildman–Crippen MR) is 73.3 cm³/mol. The Labute approximate surface area is 111 Å². The van der Waals surface area contributed by atoms with Gasteiger partial charge in [-0.05, 0) is 35.2 Å². The summed E-state index contributed by atoms with van der Waals surface area (Å²) in [5, 5.41) is 0.363. The van der Waals surface area contributed by atoms with E-state index in [0.29, 0.717) is 5.02 Å². The summed E-state index contributed by atoms with van der Waals surface area (Å²) in [5.41, 5.74) is 9.12. The normalized spacial score (nSPS) is 12.4. The van der Waals surface area contributed by atoms with E-state index in [4.69, 9.17) is 17.3 Å². The summed E-state index contributed by atoms with van der Waals surface area (Å²) in [4.78, 5) is 0. The van der Waals surface area contributed by atoms with E-state index in [2.05, 4.69) is 6.92 Å². The maximum atomic E-state index is 13.0. The number of benzene rings is 2. The van der Waals surface area contributed by atoms with Crippen molar-refractivity contribution >= 4 is 11.6 Å². The van der Waals surface area contributed by atoms with Crippen LogP contribution >= 0.6 is 11.6 Å². The van der Waals surface area contributed by atoms with Crippen molar-refractivity contribution in [3.63, 3.8) is 0 Å². The number of hydrogen-bond donors (Lipinski definition) is 1. The molecule has 18 heavy (non-hydrogen) atoms. The molecular formula is C15H15ClFN. The van der Waals surface area contributed by atoms with Crippen molar-refractivity contribution in [3.05, 3.63) is 70.0 Å². The van der Waals surface area contributed by atoms with Crippen LogP contribution in [0.5, 0.6) is 0 Å². The maximum absolute atomic E-state index is 13.0. The largest absolute Gasteiger partial charge is 0.320 e. The third kappa shape index (κ3) is 2.71. The molecule has 0 aliphatic heterocycles. The Morgan fingerprint density at radius 3 is 2.39 bits per heavy atom. The van der Waals surface area contributed by atoms with Gasteiger partial charge in [0.25, 0.3) is 0 Å². The fourth-order valence-corrected chi connectivity index (χ4v) is 2.18. The molecule has 2 aromatic rings. The maximum Gasteiger partial charge on any atom is 0.124 e. The third-order valence-corrected chi connectivity index (χ3v) is 3.37. The smallest absolute Gasteiger partial charge is 0.124 e. The molecule has 0 aliphatic rings. The number of aryl methyl sites for hydroxylation is 1. The van der Waals surface area contributed by atoms with Gasteiger partial charge in [0.2, 0.25) is 0 Å². The molecular weight excluding hydrogens is 249 g/mol. The second-order valence-electron chi connectivity index (χ2n) is 4.24. The molecule has 0 heterocycles. The molecule has 1 atom stereocenters. The summed E-state index contributed by atoms with van der Waals surface area (Å²) in [5.74, 6) is -0.350. The summed E-state index contributed by atoms with van der Waals surface area (Å²) in [7, 11) is 0. The van der Waals surface area contributed by atoms with Gasteiger partial charge in [0.1, 0.15) is 5.82 Å². The molecule has 0 fully saturated rings. The van der Waals surface area contributed by atoms with Crippen molar-refractivity contribution in [2.75, 3.05) is 0 Å². The lowest BCUT2D eigenvalue weighted by Gasteiger charge is -2.14. The average molecular weight is 264 g/mol. The minimum atomic E-state index is -0.350. The molecule has 0 amide bonds. The lowest BCUT2D eigenvalue weighted by Crippen LogP contribution is -2.12. The zero-order valence-corrected chi connectivity index (χ0v) is 10.9. The van der Waals surface area contributed by atoms with E-state index in [1.165, 1.54) is 17.7 Å². The first kappa shape index (κ1) is 13.1. The zero-order chi connectivity index (χ0) is 13.1. The highest BCUT2D eigenvalue weighted by Crippen LogP contribution is 2.27. The van der Waals surface area contributed by atoms with Crippen molar-refractivity contribution in [1.29, 1.82) is 0 Å². The third-order valence-electron chi connectivity index (χ3n) is 3.04. The first-order chi connectivity index (χ1) is 8.61. The van der Waals surface area contributed by atoms with Crippen LogP contribution in [0.2, 0.25) is 5.02 Å². The summed E-state index contributed by atoms with van der Waals surface area (Å²) >= 11 is 6.01. The van der Waals surface area contributed by atoms with Crippen molar-refractivity contribution in [2.24, 2.45) is 5.73 Å². The van der Waals surface area contributed by atoms with Gasteiger partial charge in [-0.1, -0.05) is 48.9 Å². The van der Waals surface area contributed by atoms with Crippen LogP contribution in [-0.2, 0) is 6.42 Å². The van der Waals surface area contributed by atoms with Crippen molar-refractivity contribution in [1.82, 2.24) is 0 Å². The van der Waals surface area contributed by atoms with Gasteiger partial charge in [-0.3, -0.25) is 0 Å². The molecule has 2 rings (SSSR count). The van der Waals surface area contributed by atoms with Crippen LogP contribution in [0.25, 0.3) is 0 Å². The highest BCUT2D eigenvalue weighted by atomic mass is 35.5. The van der Waals surface area contributed by atoms with E-state index in [0.717, 1.165) is 17.5 Å². The van der Waals surface area contributed by atoms with Crippen LogP contribution in [0.3, 0.4) is 0 Å². The Kier molecular flexibility index (Phi) is 4.00. The molecule has 2 N–H and O–H groups in total. The minimum absolute atomic E-state index is 0.330. The molecule has 0 aromatic heterocycles. The van der Waals surface area contributed by atoms with Crippen LogP contribution < -0.4 is 5.73 Å². The number of hydrogen-bond acceptors (Lipinski definition) is 1. The predicted octanol–water partition coefficient (Wildman–Crippen LogP) is 4.09. The highest BCUT2D eigenvalue weighted by molar-refractivity contribution is 6.31. The molecule has 0 radical (unpaired) electrons. The number of halogens is 2. The monoisotopic (exact) mass is 263 g/mol. The Morgan fingerprint density at radius 1 is 1.17 bits per heavy atom. The Bertz CT molecular complexity index is 537. The van der Waals surface area contributed by atoms with Crippen molar-refractivity contribution in [3.8, 4) is 0 Å². The molecule has 3 heteroatoms. The van der Waals surface area contributed by atoms with E-state index in [-0.39, 0.29) is 11.9 Å². The van der Waals surface area contributed by atoms with Gasteiger partial charge in [-0.2, -0.15) is 0 Å². The number of rotatable bonds is 3. The van der Waals surface area contributed by atoms with Crippen LogP contribution in [0.4, 0.5) is 4.39 Å². The first-order valence-corrected chi connectivity index (χ1v) is 6.29. The average Bonchev–Trinajstić information content (AvgIpc) is 2.38. The second kappa shape index (κ2) is 5.51. The van der Waals surface area contributed by atoms with Crippen molar-refractivity contribution in [2.45, 2.75) is 19.4 Å². The second-order valence-corrected chi connectivity index (χ2v) is 4.65. The molecule has 1 nitrogen and oxygen atoms in total. The molecule has 2 aromatic carbocycles. The van der Waals surface area contributed by atoms with E-state index in [1.807, 2.05) is 24.3 Å². The van der Waals surface area contributed by atoms with Gasteiger partial charge in [-0.15, -0.1) is 0 Å². The van der Waals surface area contributed by atoms with Crippen molar-refractivity contribution < 1.29 is 4.39 Å². The van der Waals surface area contributed by atoms with E-state index in [1.54, 1.807) is 6.07 Å². The van der Waals surface area contributed by atoms with Gasteiger partial charge in [-0.25, -0.2) is 4.39 Å². The van der Waals surface area contributed by atoms with Gasteiger partial charge in [0.05, 0.1) is 6.04 Å². The molecule has 0 saturated heterocycles. The topological polar surface area (TPSA) is 26.0 Å². The summed E-state index contributed by atoms with van der Waals surface area (Å²) in [6, 6.07) is 12.0. The van der Waals surface area contributed by atoms with Gasteiger partial charge in [0.15, 0.2) is 0 Å². The fourth-order valence-electron chi connectivity index (χ4n) is 1.89. The van der Waals surface area contributed by atoms with E-state index in [9.17, 15) is 4.39 Å². The molecule has 94 valence electrons. The van der Waals surface area contributed by atoms with Crippen LogP contribution in [0.15, 0.2) is 42.5 Å². The summed E-state index contributed by atoms with van der Waals surface area (Å²) in [6.07, 6.45) is 0.993. The quantitative estimate of drug-likeness (QED) is 0.887. The SMILES string of the molecule is CCc1ccc(C(N)c2ccc(F)cc2Cl)cc1. The molecule has 0 bridgehead atoms. The van der Waals surface area contributed by atoms with Gasteiger partial charge < -0.3 is 5.73 Å². The van der Waals surface area contributed by atoms with Crippen LogP contribution in [0, 0.1) is 5.82 Å². The van der Waals surface area contributed by atoms with E-state index < -0.39 is 0 Å². The summed E-state index contributed by atoms with van der Waals surface area (Å²) in [6.45, 7) is 2.10. The first-order valence-electron chi connectivity index (χ1n) is 5.91. The Hall–Kier alpha value is -1.38. The Balaban J connectivity index is 2.31. The lowest BCUT2D eigenvalue weighted by atomic mass is 9.98. The lowest BCUT2D eigenvalue weighted by molar-refractivity contribution is 0.626. The fraction of sp³-hybridized carbons (Fsp3) is 0.200. The molecule has 1 unspecified atom stereocenters. The molecule has 0 aliphatic carbocycles. The van der Waals surface area contributed by atoms with E-state index >= 15 is 0 Å². The van der Waals surface area contributed by atoms with Crippen LogP contribution in [-0.4, -0.2) is 0 Å². The molecule has 0 spiro atoms. The van der Waals surface area contributed by atoms with Gasteiger partial charge >= 0.3 is 0 Å². The Morgan fingerprint density at radius 2 is 1.83 bits per heavy atom. The highest BCUT2D eigenvalue weighted by Gasteiger charge is 2.12. The number of nitrogens with two attached hydrogens (primary N) is 1. The van der Waals surface area contributed by atoms with Crippen LogP contribution in [0.1, 0.15) is 29.7 Å². The van der Waals surface area contributed by atoms with Gasteiger partial charge in [0, 0.05) is 5.02 Å². The minimum Gasteiger partial charge on any atom is -0.320 e. The zero-order valence-electron chi connectivity index (χ0n) is 10.2. The summed E-state index contributed by atoms with van der Waals surface area (Å²) < 4.78 is 13.0.